The Balaban J connectivity index is 2.17. The second kappa shape index (κ2) is 4.02. The van der Waals surface area contributed by atoms with Crippen molar-refractivity contribution < 1.29 is 19.1 Å². The van der Waals surface area contributed by atoms with Gasteiger partial charge < -0.3 is 10.3 Å². The Morgan fingerprint density at radius 2 is 2.12 bits per heavy atom. The van der Waals surface area contributed by atoms with Gasteiger partial charge in [-0.1, -0.05) is 12.2 Å². The highest BCUT2D eigenvalue weighted by Crippen LogP contribution is 2.43. The van der Waals surface area contributed by atoms with Crippen molar-refractivity contribution >= 4 is 17.5 Å². The van der Waals surface area contributed by atoms with Crippen LogP contribution in [0.25, 0.3) is 5.53 Å². The third kappa shape index (κ3) is 1.59. The fraction of sp³-hybridized carbons (Fsp3) is 0.545. The van der Waals surface area contributed by atoms with Crippen LogP contribution >= 0.6 is 0 Å². The Hall–Kier alpha value is -1.74. The predicted octanol–water partition coefficient (Wildman–Crippen LogP) is 0.612. The summed E-state index contributed by atoms with van der Waals surface area (Å²) in [5.41, 5.74) is 8.18. The van der Waals surface area contributed by atoms with E-state index in [2.05, 4.69) is 15.6 Å². The van der Waals surface area contributed by atoms with Crippen molar-refractivity contribution in [2.45, 2.75) is 12.8 Å². The summed E-state index contributed by atoms with van der Waals surface area (Å²) in [6.45, 7) is 0. The molecule has 84 valence electrons. The topological polar surface area (TPSA) is 79.8 Å². The number of esters is 1. The minimum atomic E-state index is -0.876. The van der Waals surface area contributed by atoms with Gasteiger partial charge in [-0.3, -0.25) is 4.79 Å². The van der Waals surface area contributed by atoms with Gasteiger partial charge in [0.2, 0.25) is 0 Å². The standard InChI is InChI=1S/C11H12N2O3/c1-16-11(15)9(13-12)10(14)8-5-6-2-3-7(8)4-6/h2-3,6-8H,4-5H2,1H3. The van der Waals surface area contributed by atoms with Gasteiger partial charge in [0, 0.05) is 5.92 Å². The van der Waals surface area contributed by atoms with Gasteiger partial charge in [-0.25, -0.2) is 4.79 Å². The first-order chi connectivity index (χ1) is 7.67. The van der Waals surface area contributed by atoms with E-state index in [0.29, 0.717) is 5.92 Å². The number of hydrogen-bond donors (Lipinski definition) is 0. The number of Topliss-reactive ketones (excluding diaryl/α,β-unsaturated/α-hetero) is 1. The lowest BCUT2D eigenvalue weighted by atomic mass is 9.87. The molecule has 0 heterocycles. The van der Waals surface area contributed by atoms with Crippen molar-refractivity contribution in [1.82, 2.24) is 0 Å². The number of rotatable bonds is 3. The third-order valence-electron chi connectivity index (χ3n) is 3.33. The van der Waals surface area contributed by atoms with E-state index in [9.17, 15) is 9.59 Å². The molecule has 1 saturated carbocycles. The second-order valence-electron chi connectivity index (χ2n) is 4.19. The molecule has 3 unspecified atom stereocenters. The number of ether oxygens (including phenoxy) is 1. The average Bonchev–Trinajstić information content (AvgIpc) is 2.91. The molecule has 0 N–H and O–H groups in total. The van der Waals surface area contributed by atoms with Gasteiger partial charge in [0.05, 0.1) is 7.11 Å². The first kappa shape index (κ1) is 10.8. The molecule has 0 saturated heterocycles. The number of fused-ring (bicyclic) bond motifs is 2. The van der Waals surface area contributed by atoms with Crippen molar-refractivity contribution in [3.63, 3.8) is 0 Å². The monoisotopic (exact) mass is 220 g/mol. The van der Waals surface area contributed by atoms with E-state index in [-0.39, 0.29) is 11.8 Å². The molecule has 0 aromatic carbocycles. The molecule has 0 aromatic rings. The van der Waals surface area contributed by atoms with E-state index in [4.69, 9.17) is 5.53 Å². The zero-order chi connectivity index (χ0) is 11.7. The van der Waals surface area contributed by atoms with Gasteiger partial charge in [-0.15, -0.1) is 0 Å². The predicted molar refractivity (Wildman–Crippen MR) is 54.5 cm³/mol. The van der Waals surface area contributed by atoms with Crippen LogP contribution in [-0.2, 0) is 14.3 Å². The molecule has 5 nitrogen and oxygen atoms in total. The van der Waals surface area contributed by atoms with Gasteiger partial charge >= 0.3 is 11.7 Å². The summed E-state index contributed by atoms with van der Waals surface area (Å²) < 4.78 is 4.40. The van der Waals surface area contributed by atoms with Crippen LogP contribution in [0.15, 0.2) is 12.2 Å². The van der Waals surface area contributed by atoms with Crippen LogP contribution in [-0.4, -0.2) is 29.4 Å². The summed E-state index contributed by atoms with van der Waals surface area (Å²) in [5.74, 6) is -0.916. The Kier molecular flexibility index (Phi) is 2.71. The van der Waals surface area contributed by atoms with Gasteiger partial charge in [0.15, 0.2) is 0 Å². The van der Waals surface area contributed by atoms with Crippen LogP contribution in [0.2, 0.25) is 0 Å². The highest BCUT2D eigenvalue weighted by Gasteiger charge is 2.46. The Labute approximate surface area is 92.7 Å². The largest absolute Gasteiger partial charge is 0.460 e. The molecular weight excluding hydrogens is 208 g/mol. The fourth-order valence-corrected chi connectivity index (χ4v) is 2.55. The minimum Gasteiger partial charge on any atom is -0.460 e. The van der Waals surface area contributed by atoms with E-state index in [0.717, 1.165) is 20.0 Å². The molecule has 5 heteroatoms. The average molecular weight is 220 g/mol. The zero-order valence-corrected chi connectivity index (χ0v) is 8.92. The maximum Gasteiger partial charge on any atom is 0.441 e. The Morgan fingerprint density at radius 1 is 1.38 bits per heavy atom. The number of carbonyl (C=O) groups is 2. The Morgan fingerprint density at radius 3 is 2.56 bits per heavy atom. The SMILES string of the molecule is COC(=O)C(=[N+]=[N-])C(=O)C1CC2C=CC1C2. The van der Waals surface area contributed by atoms with Gasteiger partial charge in [0.1, 0.15) is 0 Å². The van der Waals surface area contributed by atoms with Gasteiger partial charge in [-0.05, 0) is 24.7 Å². The molecule has 2 bridgehead atoms. The normalized spacial score (nSPS) is 29.9. The van der Waals surface area contributed by atoms with Crippen LogP contribution < -0.4 is 0 Å². The summed E-state index contributed by atoms with van der Waals surface area (Å²) in [6.07, 6.45) is 5.79. The van der Waals surface area contributed by atoms with Crippen LogP contribution in [0, 0.1) is 17.8 Å². The number of hydrogen-bond acceptors (Lipinski definition) is 3. The molecule has 0 aliphatic heterocycles. The number of allylic oxidation sites excluding steroid dienone is 2. The molecule has 1 fully saturated rings. The molecule has 2 aliphatic carbocycles. The van der Waals surface area contributed by atoms with Crippen LogP contribution in [0.4, 0.5) is 0 Å². The summed E-state index contributed by atoms with van der Waals surface area (Å²) >= 11 is 0. The molecule has 0 radical (unpaired) electrons. The fourth-order valence-electron chi connectivity index (χ4n) is 2.55. The molecule has 0 spiro atoms. The Bertz CT molecular complexity index is 421. The summed E-state index contributed by atoms with van der Waals surface area (Å²) in [7, 11) is 1.15. The zero-order valence-electron chi connectivity index (χ0n) is 8.92. The van der Waals surface area contributed by atoms with Crippen molar-refractivity contribution in [1.29, 1.82) is 0 Å². The summed E-state index contributed by atoms with van der Waals surface area (Å²) in [4.78, 5) is 25.9. The van der Waals surface area contributed by atoms with Gasteiger partial charge in [0.25, 0.3) is 5.78 Å². The van der Waals surface area contributed by atoms with E-state index < -0.39 is 17.5 Å². The molecule has 16 heavy (non-hydrogen) atoms. The first-order valence-corrected chi connectivity index (χ1v) is 5.20. The van der Waals surface area contributed by atoms with E-state index in [1.54, 1.807) is 0 Å². The summed E-state index contributed by atoms with van der Waals surface area (Å²) in [5, 5.41) is 0. The number of ketones is 1. The smallest absolute Gasteiger partial charge is 0.441 e. The lowest BCUT2D eigenvalue weighted by Gasteiger charge is -2.13. The molecule has 2 aliphatic rings. The van der Waals surface area contributed by atoms with Crippen LogP contribution in [0.1, 0.15) is 12.8 Å². The molecule has 0 amide bonds. The third-order valence-corrected chi connectivity index (χ3v) is 3.33. The first-order valence-electron chi connectivity index (χ1n) is 5.20. The molecule has 3 atom stereocenters. The van der Waals surface area contributed by atoms with Crippen molar-refractivity contribution in [3.05, 3.63) is 17.7 Å². The lowest BCUT2D eigenvalue weighted by molar-refractivity contribution is -0.140. The van der Waals surface area contributed by atoms with Crippen LogP contribution in [0.3, 0.4) is 0 Å². The maximum atomic E-state index is 11.9. The van der Waals surface area contributed by atoms with E-state index in [1.807, 2.05) is 6.08 Å². The summed E-state index contributed by atoms with van der Waals surface area (Å²) in [6, 6.07) is 0. The minimum absolute atomic E-state index is 0.180. The quantitative estimate of drug-likeness (QED) is 0.174. The van der Waals surface area contributed by atoms with Crippen LogP contribution in [0.5, 0.6) is 0 Å². The molecule has 2 rings (SSSR count). The molecular formula is C11H12N2O3. The lowest BCUT2D eigenvalue weighted by Crippen LogP contribution is -2.33. The van der Waals surface area contributed by atoms with Crippen molar-refractivity contribution in [2.24, 2.45) is 17.8 Å². The van der Waals surface area contributed by atoms with Crippen molar-refractivity contribution in [3.8, 4) is 0 Å². The number of carbonyl (C=O) groups excluding carboxylic acids is 2. The van der Waals surface area contributed by atoms with Gasteiger partial charge in [-0.2, -0.15) is 4.79 Å². The highest BCUT2D eigenvalue weighted by molar-refractivity contribution is 6.62. The van der Waals surface area contributed by atoms with E-state index >= 15 is 0 Å². The van der Waals surface area contributed by atoms with E-state index in [1.165, 1.54) is 0 Å². The highest BCUT2D eigenvalue weighted by atomic mass is 16.5. The number of nitrogens with zero attached hydrogens (tertiary/aromatic N) is 2. The van der Waals surface area contributed by atoms with Crippen molar-refractivity contribution in [2.75, 3.05) is 7.11 Å². The maximum absolute atomic E-state index is 11.9. The second-order valence-corrected chi connectivity index (χ2v) is 4.19. The molecule has 0 aromatic heterocycles. The number of methoxy groups -OCH3 is 1.